The Hall–Kier alpha value is -0.610. The molecule has 0 unspecified atom stereocenters. The number of aliphatic hydroxyl groups is 2. The highest BCUT2D eigenvalue weighted by atomic mass is 16.6. The maximum atomic E-state index is 10.7. The molecule has 4 nitrogen and oxygen atoms in total. The Morgan fingerprint density at radius 3 is 2.91 bits per heavy atom. The second-order valence-electron chi connectivity index (χ2n) is 2.84. The number of hydrogen-bond acceptors (Lipinski definition) is 4. The van der Waals surface area contributed by atoms with Crippen LogP contribution in [-0.2, 0) is 9.53 Å². The molecule has 0 saturated carbocycles. The molecule has 4 heteroatoms. The molecule has 1 saturated heterocycles. The summed E-state index contributed by atoms with van der Waals surface area (Å²) >= 11 is 0. The molecule has 64 valence electrons. The van der Waals surface area contributed by atoms with Crippen molar-refractivity contribution in [3.63, 3.8) is 0 Å². The molecule has 0 aromatic heterocycles. The third-order valence-corrected chi connectivity index (χ3v) is 2.03. The van der Waals surface area contributed by atoms with Crippen LogP contribution in [0.25, 0.3) is 0 Å². The lowest BCUT2D eigenvalue weighted by atomic mass is 9.93. The fourth-order valence-electron chi connectivity index (χ4n) is 1.13. The summed E-state index contributed by atoms with van der Waals surface area (Å²) in [6.07, 6.45) is -1.17. The van der Waals surface area contributed by atoms with E-state index in [-0.39, 0.29) is 18.9 Å². The molecule has 1 aliphatic heterocycles. The Kier molecular flexibility index (Phi) is 2.46. The first-order chi connectivity index (χ1) is 5.15. The molecule has 0 amide bonds. The van der Waals surface area contributed by atoms with E-state index in [4.69, 9.17) is 9.84 Å². The zero-order chi connectivity index (χ0) is 8.43. The van der Waals surface area contributed by atoms with Crippen molar-refractivity contribution < 1.29 is 19.7 Å². The van der Waals surface area contributed by atoms with Crippen LogP contribution in [0.4, 0.5) is 0 Å². The van der Waals surface area contributed by atoms with E-state index in [2.05, 4.69) is 0 Å². The van der Waals surface area contributed by atoms with Crippen molar-refractivity contribution in [2.45, 2.75) is 25.6 Å². The summed E-state index contributed by atoms with van der Waals surface area (Å²) in [4.78, 5) is 10.7. The molecular weight excluding hydrogens is 148 g/mol. The van der Waals surface area contributed by atoms with Crippen molar-refractivity contribution in [2.75, 3.05) is 6.61 Å². The Labute approximate surface area is 64.8 Å². The van der Waals surface area contributed by atoms with E-state index in [0.717, 1.165) is 0 Å². The lowest BCUT2D eigenvalue weighted by molar-refractivity contribution is -0.170. The number of rotatable bonds is 1. The van der Waals surface area contributed by atoms with E-state index in [1.165, 1.54) is 0 Å². The van der Waals surface area contributed by atoms with Gasteiger partial charge in [-0.15, -0.1) is 0 Å². The van der Waals surface area contributed by atoms with Crippen LogP contribution in [0.3, 0.4) is 0 Å². The van der Waals surface area contributed by atoms with Crippen molar-refractivity contribution in [3.8, 4) is 0 Å². The van der Waals surface area contributed by atoms with Crippen LogP contribution in [0.15, 0.2) is 0 Å². The van der Waals surface area contributed by atoms with Crippen molar-refractivity contribution >= 4 is 5.97 Å². The standard InChI is InChI=1S/C7H12O4/c1-4-5(9)2-7(10)11-6(4)3-8/h4-6,8-9H,2-3H2,1H3/t4-,5-,6+/m1/s1. The Morgan fingerprint density at radius 2 is 2.36 bits per heavy atom. The largest absolute Gasteiger partial charge is 0.459 e. The number of aliphatic hydroxyl groups excluding tert-OH is 2. The maximum Gasteiger partial charge on any atom is 0.308 e. The van der Waals surface area contributed by atoms with E-state index in [1.807, 2.05) is 0 Å². The fourth-order valence-corrected chi connectivity index (χ4v) is 1.13. The number of ether oxygens (including phenoxy) is 1. The van der Waals surface area contributed by atoms with Crippen molar-refractivity contribution in [1.82, 2.24) is 0 Å². The van der Waals surface area contributed by atoms with Gasteiger partial charge in [-0.1, -0.05) is 6.92 Å². The van der Waals surface area contributed by atoms with Crippen LogP contribution in [0.1, 0.15) is 13.3 Å². The van der Waals surface area contributed by atoms with Crippen LogP contribution < -0.4 is 0 Å². The maximum absolute atomic E-state index is 10.7. The Morgan fingerprint density at radius 1 is 1.73 bits per heavy atom. The summed E-state index contributed by atoms with van der Waals surface area (Å²) in [5.41, 5.74) is 0. The molecule has 2 N–H and O–H groups in total. The number of carbonyl (C=O) groups excluding carboxylic acids is 1. The Bertz CT molecular complexity index is 157. The highest BCUT2D eigenvalue weighted by molar-refractivity contribution is 5.71. The summed E-state index contributed by atoms with van der Waals surface area (Å²) < 4.78 is 4.77. The van der Waals surface area contributed by atoms with E-state index in [0.29, 0.717) is 0 Å². The van der Waals surface area contributed by atoms with E-state index in [9.17, 15) is 9.90 Å². The molecule has 1 heterocycles. The van der Waals surface area contributed by atoms with E-state index >= 15 is 0 Å². The average molecular weight is 160 g/mol. The number of cyclic esters (lactones) is 1. The fraction of sp³-hybridized carbons (Fsp3) is 0.857. The first-order valence-corrected chi connectivity index (χ1v) is 3.63. The summed E-state index contributed by atoms with van der Waals surface area (Å²) in [5.74, 6) is -0.604. The van der Waals surface area contributed by atoms with Gasteiger partial charge in [-0.25, -0.2) is 0 Å². The minimum atomic E-state index is -0.673. The molecule has 0 aliphatic carbocycles. The van der Waals surface area contributed by atoms with Gasteiger partial charge in [0, 0.05) is 5.92 Å². The summed E-state index contributed by atoms with van der Waals surface area (Å²) in [6.45, 7) is 1.53. The second-order valence-corrected chi connectivity index (χ2v) is 2.84. The molecule has 3 atom stereocenters. The zero-order valence-electron chi connectivity index (χ0n) is 6.36. The van der Waals surface area contributed by atoms with Gasteiger partial charge in [0.15, 0.2) is 0 Å². The van der Waals surface area contributed by atoms with Crippen molar-refractivity contribution in [2.24, 2.45) is 5.92 Å². The monoisotopic (exact) mass is 160 g/mol. The molecule has 1 aliphatic rings. The molecule has 0 radical (unpaired) electrons. The summed E-state index contributed by atoms with van der Waals surface area (Å²) in [7, 11) is 0. The lowest BCUT2D eigenvalue weighted by Gasteiger charge is -2.30. The molecule has 0 aromatic rings. The number of carbonyl (C=O) groups is 1. The van der Waals surface area contributed by atoms with Gasteiger partial charge in [0.05, 0.1) is 19.1 Å². The minimum absolute atomic E-state index is 0.0394. The first-order valence-electron chi connectivity index (χ1n) is 3.63. The van der Waals surface area contributed by atoms with Gasteiger partial charge < -0.3 is 14.9 Å². The quantitative estimate of drug-likeness (QED) is 0.497. The molecule has 11 heavy (non-hydrogen) atoms. The van der Waals surface area contributed by atoms with Crippen LogP contribution in [0.2, 0.25) is 0 Å². The van der Waals surface area contributed by atoms with E-state index in [1.54, 1.807) is 6.92 Å². The SMILES string of the molecule is C[C@@H]1[C@H](O)CC(=O)O[C@H]1CO. The zero-order valence-corrected chi connectivity index (χ0v) is 6.36. The molecule has 1 rings (SSSR count). The third kappa shape index (κ3) is 1.70. The predicted molar refractivity (Wildman–Crippen MR) is 36.8 cm³/mol. The number of hydrogen-bond donors (Lipinski definition) is 2. The molecular formula is C7H12O4. The van der Waals surface area contributed by atoms with Crippen molar-refractivity contribution in [3.05, 3.63) is 0 Å². The molecule has 0 aromatic carbocycles. The average Bonchev–Trinajstić information content (AvgIpc) is 1.96. The van der Waals surface area contributed by atoms with E-state index < -0.39 is 18.2 Å². The first kappa shape index (κ1) is 8.49. The third-order valence-electron chi connectivity index (χ3n) is 2.03. The summed E-state index contributed by atoms with van der Waals surface area (Å²) in [5, 5.41) is 17.9. The highest BCUT2D eigenvalue weighted by Crippen LogP contribution is 2.20. The van der Waals surface area contributed by atoms with Gasteiger partial charge >= 0.3 is 5.97 Å². The van der Waals surface area contributed by atoms with Crippen LogP contribution >= 0.6 is 0 Å². The Balaban J connectivity index is 2.58. The van der Waals surface area contributed by atoms with Crippen molar-refractivity contribution in [1.29, 1.82) is 0 Å². The van der Waals surface area contributed by atoms with Gasteiger partial charge in [-0.05, 0) is 0 Å². The lowest BCUT2D eigenvalue weighted by Crippen LogP contribution is -2.42. The smallest absolute Gasteiger partial charge is 0.308 e. The van der Waals surface area contributed by atoms with Crippen LogP contribution in [0.5, 0.6) is 0 Å². The molecule has 0 bridgehead atoms. The second kappa shape index (κ2) is 3.19. The van der Waals surface area contributed by atoms with Gasteiger partial charge in [-0.2, -0.15) is 0 Å². The summed E-state index contributed by atoms with van der Waals surface area (Å²) in [6, 6.07) is 0. The number of esters is 1. The molecule has 1 fully saturated rings. The highest BCUT2D eigenvalue weighted by Gasteiger charge is 2.33. The van der Waals surface area contributed by atoms with Gasteiger partial charge in [0.1, 0.15) is 6.10 Å². The minimum Gasteiger partial charge on any atom is -0.459 e. The van der Waals surface area contributed by atoms with Gasteiger partial charge in [0.25, 0.3) is 0 Å². The molecule has 0 spiro atoms. The normalized spacial score (nSPS) is 38.5. The van der Waals surface area contributed by atoms with Crippen LogP contribution in [-0.4, -0.2) is 35.0 Å². The van der Waals surface area contributed by atoms with Gasteiger partial charge in [-0.3, -0.25) is 4.79 Å². The van der Waals surface area contributed by atoms with Crippen LogP contribution in [0, 0.1) is 5.92 Å². The topological polar surface area (TPSA) is 66.8 Å². The van der Waals surface area contributed by atoms with Gasteiger partial charge in [0.2, 0.25) is 0 Å². The predicted octanol–water partition coefficient (Wildman–Crippen LogP) is -0.709.